The third-order valence-electron chi connectivity index (χ3n) is 5.67. The molecule has 0 aliphatic carbocycles. The lowest BCUT2D eigenvalue weighted by molar-refractivity contribution is -0.139. The average molecular weight is 496 g/mol. The molecular formula is C28H30ClNO5. The van der Waals surface area contributed by atoms with Gasteiger partial charge in [-0.25, -0.2) is 4.79 Å². The Kier molecular flexibility index (Phi) is 9.15. The van der Waals surface area contributed by atoms with Crippen molar-refractivity contribution in [1.82, 2.24) is 4.90 Å². The van der Waals surface area contributed by atoms with Gasteiger partial charge in [0.1, 0.15) is 12.4 Å². The molecule has 3 rings (SSSR count). The van der Waals surface area contributed by atoms with Crippen LogP contribution >= 0.6 is 11.6 Å². The smallest absolute Gasteiger partial charge is 0.410 e. The van der Waals surface area contributed by atoms with Crippen LogP contribution in [0.3, 0.4) is 0 Å². The third-order valence-corrected chi connectivity index (χ3v) is 5.92. The van der Waals surface area contributed by atoms with Crippen molar-refractivity contribution in [1.29, 1.82) is 0 Å². The summed E-state index contributed by atoms with van der Waals surface area (Å²) in [7, 11) is 2.98. The fraction of sp³-hybridized carbons (Fsp3) is 0.286. The number of aryl methyl sites for hydroxylation is 1. The molecule has 0 spiro atoms. The molecule has 0 heterocycles. The highest BCUT2D eigenvalue weighted by Gasteiger charge is 2.19. The number of rotatable bonds is 9. The standard InChI is InChI=1S/C28H30ClNO5/c1-5-30(28(32)35-18-20-7-10-23(29)11-8-20)17-22-14-19(2)6-12-24(22)25-15-21(16-27(31)34-4)9-13-26(25)33-3/h6-15H,5,16-18H2,1-4H3. The Bertz CT molecular complexity index is 1180. The third kappa shape index (κ3) is 6.99. The molecule has 1 amide bonds. The number of carbonyl (C=O) groups excluding carboxylic acids is 2. The number of halogens is 1. The molecule has 6 nitrogen and oxygen atoms in total. The Labute approximate surface area is 211 Å². The Hall–Kier alpha value is -3.51. The SMILES string of the molecule is CCN(Cc1cc(C)ccc1-c1cc(CC(=O)OC)ccc1OC)C(=O)OCc1ccc(Cl)cc1. The second kappa shape index (κ2) is 12.3. The summed E-state index contributed by atoms with van der Waals surface area (Å²) >= 11 is 5.93. The fourth-order valence-electron chi connectivity index (χ4n) is 3.76. The summed E-state index contributed by atoms with van der Waals surface area (Å²) in [5.74, 6) is 0.364. The van der Waals surface area contributed by atoms with Crippen molar-refractivity contribution in [3.63, 3.8) is 0 Å². The zero-order valence-electron chi connectivity index (χ0n) is 20.5. The molecule has 0 saturated heterocycles. The molecule has 0 aliphatic heterocycles. The van der Waals surface area contributed by atoms with Crippen LogP contribution in [0.25, 0.3) is 11.1 Å². The zero-order valence-corrected chi connectivity index (χ0v) is 21.2. The van der Waals surface area contributed by atoms with Crippen molar-refractivity contribution >= 4 is 23.7 Å². The maximum absolute atomic E-state index is 12.9. The van der Waals surface area contributed by atoms with Gasteiger partial charge < -0.3 is 19.1 Å². The first-order valence-corrected chi connectivity index (χ1v) is 11.7. The van der Waals surface area contributed by atoms with Gasteiger partial charge in [-0.15, -0.1) is 0 Å². The summed E-state index contributed by atoms with van der Waals surface area (Å²) in [4.78, 5) is 26.4. The Balaban J connectivity index is 1.87. The van der Waals surface area contributed by atoms with Crippen LogP contribution in [0.5, 0.6) is 5.75 Å². The van der Waals surface area contributed by atoms with E-state index in [0.717, 1.165) is 33.4 Å². The molecule has 7 heteroatoms. The number of ether oxygens (including phenoxy) is 3. The Morgan fingerprint density at radius 2 is 1.63 bits per heavy atom. The first kappa shape index (κ1) is 26.1. The van der Waals surface area contributed by atoms with E-state index in [1.807, 2.05) is 56.3 Å². The minimum atomic E-state index is -0.402. The maximum Gasteiger partial charge on any atom is 0.410 e. The summed E-state index contributed by atoms with van der Waals surface area (Å²) in [5, 5.41) is 0.633. The van der Waals surface area contributed by atoms with Crippen molar-refractivity contribution in [3.8, 4) is 16.9 Å². The van der Waals surface area contributed by atoms with E-state index in [1.165, 1.54) is 7.11 Å². The van der Waals surface area contributed by atoms with Gasteiger partial charge in [0.25, 0.3) is 0 Å². The lowest BCUT2D eigenvalue weighted by Crippen LogP contribution is -2.31. The highest BCUT2D eigenvalue weighted by molar-refractivity contribution is 6.30. The molecule has 0 aliphatic rings. The maximum atomic E-state index is 12.9. The van der Waals surface area contributed by atoms with E-state index in [4.69, 9.17) is 25.8 Å². The molecule has 0 N–H and O–H groups in total. The van der Waals surface area contributed by atoms with Crippen molar-refractivity contribution in [2.24, 2.45) is 0 Å². The van der Waals surface area contributed by atoms with E-state index in [1.54, 1.807) is 24.1 Å². The zero-order chi connectivity index (χ0) is 25.4. The van der Waals surface area contributed by atoms with E-state index in [-0.39, 0.29) is 19.0 Å². The Morgan fingerprint density at radius 3 is 2.29 bits per heavy atom. The van der Waals surface area contributed by atoms with Gasteiger partial charge in [0.05, 0.1) is 20.6 Å². The topological polar surface area (TPSA) is 65.1 Å². The highest BCUT2D eigenvalue weighted by atomic mass is 35.5. The molecule has 0 fully saturated rings. The summed E-state index contributed by atoms with van der Waals surface area (Å²) < 4.78 is 16.0. The minimum Gasteiger partial charge on any atom is -0.496 e. The number of nitrogens with zero attached hydrogens (tertiary/aromatic N) is 1. The number of methoxy groups -OCH3 is 2. The van der Waals surface area contributed by atoms with Gasteiger partial charge in [0.15, 0.2) is 0 Å². The summed E-state index contributed by atoms with van der Waals surface area (Å²) in [6.07, 6.45) is -0.242. The van der Waals surface area contributed by atoms with Crippen LogP contribution in [-0.4, -0.2) is 37.7 Å². The van der Waals surface area contributed by atoms with Crippen LogP contribution in [-0.2, 0) is 33.8 Å². The van der Waals surface area contributed by atoms with Gasteiger partial charge in [-0.2, -0.15) is 0 Å². The first-order valence-electron chi connectivity index (χ1n) is 11.3. The van der Waals surface area contributed by atoms with Crippen LogP contribution in [0.2, 0.25) is 5.02 Å². The van der Waals surface area contributed by atoms with Gasteiger partial charge in [-0.1, -0.05) is 53.6 Å². The quantitative estimate of drug-likeness (QED) is 0.331. The van der Waals surface area contributed by atoms with Crippen LogP contribution in [0.15, 0.2) is 60.7 Å². The lowest BCUT2D eigenvalue weighted by atomic mass is 9.94. The number of esters is 1. The van der Waals surface area contributed by atoms with Crippen LogP contribution in [0.1, 0.15) is 29.2 Å². The van der Waals surface area contributed by atoms with Crippen molar-refractivity contribution in [2.45, 2.75) is 33.4 Å². The molecule has 184 valence electrons. The number of amides is 1. The molecule has 0 bridgehead atoms. The van der Waals surface area contributed by atoms with Crippen molar-refractivity contribution in [3.05, 3.63) is 87.9 Å². The van der Waals surface area contributed by atoms with Crippen molar-refractivity contribution < 1.29 is 23.8 Å². The molecule has 0 aromatic heterocycles. The average Bonchev–Trinajstić information content (AvgIpc) is 2.86. The summed E-state index contributed by atoms with van der Waals surface area (Å²) in [6.45, 7) is 4.92. The predicted molar refractivity (Wildman–Crippen MR) is 137 cm³/mol. The lowest BCUT2D eigenvalue weighted by Gasteiger charge is -2.23. The monoisotopic (exact) mass is 495 g/mol. The number of carbonyl (C=O) groups is 2. The van der Waals surface area contributed by atoms with Gasteiger partial charge in [0, 0.05) is 23.7 Å². The summed E-state index contributed by atoms with van der Waals surface area (Å²) in [5.41, 5.74) is 5.46. The Morgan fingerprint density at radius 1 is 0.914 bits per heavy atom. The van der Waals surface area contributed by atoms with E-state index in [2.05, 4.69) is 6.07 Å². The van der Waals surface area contributed by atoms with Gasteiger partial charge in [0.2, 0.25) is 0 Å². The minimum absolute atomic E-state index is 0.160. The fourth-order valence-corrected chi connectivity index (χ4v) is 3.88. The number of hydrogen-bond acceptors (Lipinski definition) is 5. The number of benzene rings is 3. The molecule has 0 saturated carbocycles. The molecule has 0 atom stereocenters. The van der Waals surface area contributed by atoms with Gasteiger partial charge in [-0.3, -0.25) is 4.79 Å². The van der Waals surface area contributed by atoms with E-state index in [0.29, 0.717) is 23.9 Å². The van der Waals surface area contributed by atoms with E-state index < -0.39 is 6.09 Å². The largest absolute Gasteiger partial charge is 0.496 e. The second-order valence-electron chi connectivity index (χ2n) is 8.14. The molecular weight excluding hydrogens is 466 g/mol. The van der Waals surface area contributed by atoms with E-state index >= 15 is 0 Å². The van der Waals surface area contributed by atoms with Crippen LogP contribution < -0.4 is 4.74 Å². The molecule has 0 radical (unpaired) electrons. The first-order chi connectivity index (χ1) is 16.8. The molecule has 35 heavy (non-hydrogen) atoms. The predicted octanol–water partition coefficient (Wildman–Crippen LogP) is 6.20. The number of hydrogen-bond donors (Lipinski definition) is 0. The van der Waals surface area contributed by atoms with E-state index in [9.17, 15) is 9.59 Å². The molecule has 0 unspecified atom stereocenters. The highest BCUT2D eigenvalue weighted by Crippen LogP contribution is 2.34. The molecule has 3 aromatic carbocycles. The second-order valence-corrected chi connectivity index (χ2v) is 8.58. The summed E-state index contributed by atoms with van der Waals surface area (Å²) in [6, 6.07) is 18.9. The van der Waals surface area contributed by atoms with Crippen LogP contribution in [0.4, 0.5) is 4.79 Å². The van der Waals surface area contributed by atoms with Crippen molar-refractivity contribution in [2.75, 3.05) is 20.8 Å². The normalized spacial score (nSPS) is 10.5. The van der Waals surface area contributed by atoms with Gasteiger partial charge >= 0.3 is 12.1 Å². The van der Waals surface area contributed by atoms with Gasteiger partial charge in [-0.05, 0) is 60.4 Å². The van der Waals surface area contributed by atoms with Crippen LogP contribution in [0, 0.1) is 6.92 Å². The molecule has 3 aromatic rings.